The van der Waals surface area contributed by atoms with E-state index in [9.17, 15) is 4.79 Å². The Labute approximate surface area is 184 Å². The lowest BCUT2D eigenvalue weighted by atomic mass is 10.2. The zero-order chi connectivity index (χ0) is 20.6. The molecular formula is C21H24BrClN4O2. The van der Waals surface area contributed by atoms with Gasteiger partial charge in [0.1, 0.15) is 5.75 Å². The quantitative estimate of drug-likeness (QED) is 0.489. The van der Waals surface area contributed by atoms with Crippen LogP contribution >= 0.6 is 27.5 Å². The number of nitrogens with zero attached hydrogens (tertiary/aromatic N) is 3. The molecule has 1 fully saturated rings. The van der Waals surface area contributed by atoms with Gasteiger partial charge in [-0.05, 0) is 29.8 Å². The van der Waals surface area contributed by atoms with Crippen LogP contribution in [0.25, 0.3) is 0 Å². The van der Waals surface area contributed by atoms with Gasteiger partial charge in [0.15, 0.2) is 0 Å². The van der Waals surface area contributed by atoms with Crippen LogP contribution in [0.15, 0.2) is 52.0 Å². The number of methoxy groups -OCH3 is 1. The van der Waals surface area contributed by atoms with E-state index >= 15 is 0 Å². The molecule has 0 bridgehead atoms. The first-order chi connectivity index (χ1) is 14.0. The second kappa shape index (κ2) is 10.7. The molecule has 0 atom stereocenters. The van der Waals surface area contributed by atoms with Gasteiger partial charge in [0.2, 0.25) is 0 Å². The van der Waals surface area contributed by atoms with Gasteiger partial charge in [-0.1, -0.05) is 45.7 Å². The second-order valence-corrected chi connectivity index (χ2v) is 8.15. The van der Waals surface area contributed by atoms with Gasteiger partial charge in [-0.2, -0.15) is 5.10 Å². The molecule has 6 nitrogen and oxygen atoms in total. The van der Waals surface area contributed by atoms with Crippen LogP contribution in [0.1, 0.15) is 11.1 Å². The third kappa shape index (κ3) is 6.54. The van der Waals surface area contributed by atoms with Crippen molar-refractivity contribution in [1.29, 1.82) is 0 Å². The number of ether oxygens (including phenoxy) is 1. The Bertz CT molecular complexity index is 870. The predicted molar refractivity (Wildman–Crippen MR) is 120 cm³/mol. The number of hydrogen-bond donors (Lipinski definition) is 1. The Morgan fingerprint density at radius 1 is 1.21 bits per heavy atom. The molecule has 29 heavy (non-hydrogen) atoms. The fraction of sp³-hybridized carbons (Fsp3) is 0.333. The predicted octanol–water partition coefficient (Wildman–Crippen LogP) is 3.38. The van der Waals surface area contributed by atoms with E-state index in [-0.39, 0.29) is 5.91 Å². The summed E-state index contributed by atoms with van der Waals surface area (Å²) in [5.74, 6) is 0.565. The Kier molecular flexibility index (Phi) is 8.06. The number of halogens is 2. The van der Waals surface area contributed by atoms with Gasteiger partial charge in [-0.15, -0.1) is 0 Å². The highest BCUT2D eigenvalue weighted by Crippen LogP contribution is 2.21. The van der Waals surface area contributed by atoms with E-state index in [1.165, 1.54) is 0 Å². The van der Waals surface area contributed by atoms with Crippen LogP contribution < -0.4 is 10.2 Å². The largest absolute Gasteiger partial charge is 0.496 e. The molecule has 2 aromatic rings. The number of nitrogens with one attached hydrogen (secondary N) is 1. The average Bonchev–Trinajstić information content (AvgIpc) is 2.71. The summed E-state index contributed by atoms with van der Waals surface area (Å²) in [4.78, 5) is 16.7. The molecule has 0 aliphatic carbocycles. The van der Waals surface area contributed by atoms with Gasteiger partial charge >= 0.3 is 0 Å². The Balaban J connectivity index is 1.43. The van der Waals surface area contributed by atoms with Crippen molar-refractivity contribution in [3.8, 4) is 5.75 Å². The number of hydrazone groups is 1. The minimum atomic E-state index is -0.130. The summed E-state index contributed by atoms with van der Waals surface area (Å²) in [6.07, 6.45) is 1.59. The number of rotatable bonds is 7. The van der Waals surface area contributed by atoms with Crippen LogP contribution in [0.4, 0.5) is 0 Å². The number of amides is 1. The summed E-state index contributed by atoms with van der Waals surface area (Å²) in [6, 6.07) is 13.5. The van der Waals surface area contributed by atoms with E-state index in [0.29, 0.717) is 12.3 Å². The highest BCUT2D eigenvalue weighted by Gasteiger charge is 2.19. The summed E-state index contributed by atoms with van der Waals surface area (Å²) in [5.41, 5.74) is 4.52. The minimum absolute atomic E-state index is 0.130. The van der Waals surface area contributed by atoms with Crippen molar-refractivity contribution in [1.82, 2.24) is 15.2 Å². The number of piperazine rings is 1. The van der Waals surface area contributed by atoms with Crippen LogP contribution in [-0.2, 0) is 11.3 Å². The number of carbonyl (C=O) groups is 1. The molecule has 1 saturated heterocycles. The van der Waals surface area contributed by atoms with Gasteiger partial charge in [0.25, 0.3) is 5.91 Å². The van der Waals surface area contributed by atoms with Crippen molar-refractivity contribution in [2.75, 3.05) is 39.8 Å². The molecule has 154 valence electrons. The molecule has 0 spiro atoms. The lowest BCUT2D eigenvalue weighted by Gasteiger charge is -2.34. The molecule has 0 radical (unpaired) electrons. The molecule has 3 rings (SSSR count). The van der Waals surface area contributed by atoms with Crippen LogP contribution in [0.5, 0.6) is 5.75 Å². The molecule has 1 heterocycles. The van der Waals surface area contributed by atoms with E-state index in [1.54, 1.807) is 13.3 Å². The Morgan fingerprint density at radius 2 is 1.93 bits per heavy atom. The molecular weight excluding hydrogens is 456 g/mol. The Morgan fingerprint density at radius 3 is 2.66 bits per heavy atom. The molecule has 0 saturated carbocycles. The molecule has 1 N–H and O–H groups in total. The molecule has 8 heteroatoms. The molecule has 1 amide bonds. The average molecular weight is 480 g/mol. The van der Waals surface area contributed by atoms with Crippen LogP contribution in [0, 0.1) is 0 Å². The Hall–Kier alpha value is -1.93. The monoisotopic (exact) mass is 478 g/mol. The minimum Gasteiger partial charge on any atom is -0.496 e. The van der Waals surface area contributed by atoms with Crippen molar-refractivity contribution < 1.29 is 9.53 Å². The number of carbonyl (C=O) groups excluding carboxylic acids is 1. The first-order valence-electron chi connectivity index (χ1n) is 9.38. The van der Waals surface area contributed by atoms with Crippen molar-refractivity contribution in [2.45, 2.75) is 6.54 Å². The number of benzene rings is 2. The van der Waals surface area contributed by atoms with Crippen molar-refractivity contribution in [3.63, 3.8) is 0 Å². The lowest BCUT2D eigenvalue weighted by molar-refractivity contribution is -0.122. The van der Waals surface area contributed by atoms with Crippen LogP contribution in [0.2, 0.25) is 5.02 Å². The van der Waals surface area contributed by atoms with E-state index in [0.717, 1.165) is 53.3 Å². The summed E-state index contributed by atoms with van der Waals surface area (Å²) < 4.78 is 6.21. The van der Waals surface area contributed by atoms with Gasteiger partial charge < -0.3 is 4.74 Å². The van der Waals surface area contributed by atoms with Gasteiger partial charge in [0.05, 0.1) is 19.9 Å². The summed E-state index contributed by atoms with van der Waals surface area (Å²) in [5, 5.41) is 4.86. The molecule has 1 aliphatic heterocycles. The van der Waals surface area contributed by atoms with E-state index in [4.69, 9.17) is 16.3 Å². The molecule has 2 aromatic carbocycles. The third-order valence-corrected chi connectivity index (χ3v) is 5.63. The first kappa shape index (κ1) is 21.8. The van der Waals surface area contributed by atoms with Crippen molar-refractivity contribution in [2.24, 2.45) is 5.10 Å². The fourth-order valence-electron chi connectivity index (χ4n) is 3.19. The summed E-state index contributed by atoms with van der Waals surface area (Å²) >= 11 is 9.67. The van der Waals surface area contributed by atoms with E-state index in [2.05, 4.69) is 42.3 Å². The SMILES string of the molecule is COc1ccc(Br)cc1C=NNC(=O)CN1CCN(Cc2ccccc2Cl)CC1. The van der Waals surface area contributed by atoms with E-state index in [1.807, 2.05) is 36.4 Å². The maximum atomic E-state index is 12.2. The zero-order valence-corrected chi connectivity index (χ0v) is 18.6. The second-order valence-electron chi connectivity index (χ2n) is 6.82. The van der Waals surface area contributed by atoms with Crippen LogP contribution in [0.3, 0.4) is 0 Å². The maximum Gasteiger partial charge on any atom is 0.254 e. The molecule has 1 aliphatic rings. The van der Waals surface area contributed by atoms with Crippen molar-refractivity contribution >= 4 is 39.7 Å². The highest BCUT2D eigenvalue weighted by atomic mass is 79.9. The van der Waals surface area contributed by atoms with Gasteiger partial charge in [-0.25, -0.2) is 5.43 Å². The molecule has 0 unspecified atom stereocenters. The summed E-state index contributed by atoms with van der Waals surface area (Å²) in [7, 11) is 1.60. The lowest BCUT2D eigenvalue weighted by Crippen LogP contribution is -2.48. The van der Waals surface area contributed by atoms with Crippen molar-refractivity contribution in [3.05, 3.63) is 63.1 Å². The first-order valence-corrected chi connectivity index (χ1v) is 10.6. The highest BCUT2D eigenvalue weighted by molar-refractivity contribution is 9.10. The zero-order valence-electron chi connectivity index (χ0n) is 16.3. The molecule has 0 aromatic heterocycles. The normalized spacial score (nSPS) is 15.6. The summed E-state index contributed by atoms with van der Waals surface area (Å²) in [6.45, 7) is 4.63. The standard InChI is InChI=1S/C21H24BrClN4O2/c1-29-20-7-6-18(22)12-17(20)13-24-25-21(28)15-27-10-8-26(9-11-27)14-16-4-2-3-5-19(16)23/h2-7,12-13H,8-11,14-15H2,1H3,(H,25,28). The maximum absolute atomic E-state index is 12.2. The topological polar surface area (TPSA) is 57.2 Å². The van der Waals surface area contributed by atoms with Gasteiger partial charge in [0, 0.05) is 47.8 Å². The van der Waals surface area contributed by atoms with Gasteiger partial charge in [-0.3, -0.25) is 14.6 Å². The van der Waals surface area contributed by atoms with Crippen LogP contribution in [-0.4, -0.2) is 61.8 Å². The third-order valence-electron chi connectivity index (χ3n) is 4.77. The smallest absolute Gasteiger partial charge is 0.254 e. The van der Waals surface area contributed by atoms with E-state index < -0.39 is 0 Å². The fourth-order valence-corrected chi connectivity index (χ4v) is 3.77. The number of hydrogen-bond acceptors (Lipinski definition) is 5.